The minimum Gasteiger partial charge on any atom is -0.466 e. The van der Waals surface area contributed by atoms with Crippen molar-refractivity contribution in [1.82, 2.24) is 0 Å². The molecule has 3 heteroatoms. The second-order valence-corrected chi connectivity index (χ2v) is 1.68. The van der Waals surface area contributed by atoms with Crippen LogP contribution in [0.1, 0.15) is 13.3 Å². The molecule has 0 fully saturated rings. The molecule has 0 N–H and O–H groups in total. The monoisotopic (exact) mass is 142 g/mol. The smallest absolute Gasteiger partial charge is 0.333 e. The van der Waals surface area contributed by atoms with Crippen molar-refractivity contribution in [3.63, 3.8) is 0 Å². The Kier molecular flexibility index (Phi) is 4.20. The van der Waals surface area contributed by atoms with Gasteiger partial charge in [-0.25, -0.2) is 4.79 Å². The summed E-state index contributed by atoms with van der Waals surface area (Å²) in [7, 11) is 1.29. The number of hydrogen-bond donors (Lipinski definition) is 0. The molecule has 0 unspecified atom stereocenters. The highest BCUT2D eigenvalue weighted by molar-refractivity contribution is 5.91. The molecule has 0 radical (unpaired) electrons. The summed E-state index contributed by atoms with van der Waals surface area (Å²) >= 11 is 0. The number of aldehydes is 1. The minimum absolute atomic E-state index is 0.128. The summed E-state index contributed by atoms with van der Waals surface area (Å²) in [4.78, 5) is 20.6. The topological polar surface area (TPSA) is 43.4 Å². The van der Waals surface area contributed by atoms with Crippen LogP contribution < -0.4 is 0 Å². The molecular weight excluding hydrogens is 132 g/mol. The van der Waals surface area contributed by atoms with Gasteiger partial charge in [0.25, 0.3) is 0 Å². The molecular formula is C7H10O3. The van der Waals surface area contributed by atoms with E-state index < -0.39 is 5.97 Å². The molecule has 0 amide bonds. The fourth-order valence-corrected chi connectivity index (χ4v) is 0.540. The number of allylic oxidation sites excluding steroid dienone is 1. The first-order chi connectivity index (χ1) is 4.76. The standard InChI is InChI=1S/C7H10O3/c1-3-6(4-5-8)7(9)10-2/h3,5H,4H2,1-2H3/b6-3-. The van der Waals surface area contributed by atoms with Gasteiger partial charge in [0, 0.05) is 12.0 Å². The second kappa shape index (κ2) is 4.73. The predicted molar refractivity (Wildman–Crippen MR) is 36.5 cm³/mol. The van der Waals surface area contributed by atoms with Gasteiger partial charge >= 0.3 is 5.97 Å². The Labute approximate surface area is 59.7 Å². The molecule has 0 aliphatic heterocycles. The van der Waals surface area contributed by atoms with Crippen molar-refractivity contribution < 1.29 is 14.3 Å². The molecule has 0 aliphatic carbocycles. The molecule has 0 aromatic heterocycles. The fraction of sp³-hybridized carbons (Fsp3) is 0.429. The van der Waals surface area contributed by atoms with Crippen LogP contribution in [0.5, 0.6) is 0 Å². The molecule has 0 rings (SSSR count). The summed E-state index contributed by atoms with van der Waals surface area (Å²) < 4.78 is 4.39. The van der Waals surface area contributed by atoms with E-state index in [0.717, 1.165) is 0 Å². The van der Waals surface area contributed by atoms with Gasteiger partial charge in [0.15, 0.2) is 0 Å². The molecule has 0 saturated heterocycles. The van der Waals surface area contributed by atoms with Crippen LogP contribution in [0.3, 0.4) is 0 Å². The van der Waals surface area contributed by atoms with Crippen molar-refractivity contribution in [3.05, 3.63) is 11.6 Å². The predicted octanol–water partition coefficient (Wildman–Crippen LogP) is 0.695. The number of esters is 1. The van der Waals surface area contributed by atoms with Gasteiger partial charge in [-0.15, -0.1) is 0 Å². The minimum atomic E-state index is -0.436. The van der Waals surface area contributed by atoms with Crippen molar-refractivity contribution in [2.45, 2.75) is 13.3 Å². The summed E-state index contributed by atoms with van der Waals surface area (Å²) in [5.41, 5.74) is 0.400. The summed E-state index contributed by atoms with van der Waals surface area (Å²) in [5, 5.41) is 0. The zero-order chi connectivity index (χ0) is 7.98. The fourth-order valence-electron chi connectivity index (χ4n) is 0.540. The largest absolute Gasteiger partial charge is 0.466 e. The zero-order valence-corrected chi connectivity index (χ0v) is 6.09. The van der Waals surface area contributed by atoms with Gasteiger partial charge in [0.05, 0.1) is 7.11 Å². The number of rotatable bonds is 3. The molecule has 0 heterocycles. The van der Waals surface area contributed by atoms with Crippen molar-refractivity contribution in [2.75, 3.05) is 7.11 Å². The van der Waals surface area contributed by atoms with Gasteiger partial charge < -0.3 is 9.53 Å². The SMILES string of the molecule is C/C=C(/CC=O)C(=O)OC. The molecule has 0 atom stereocenters. The average molecular weight is 142 g/mol. The highest BCUT2D eigenvalue weighted by Crippen LogP contribution is 1.99. The van der Waals surface area contributed by atoms with E-state index in [-0.39, 0.29) is 6.42 Å². The van der Waals surface area contributed by atoms with E-state index in [1.54, 1.807) is 13.0 Å². The van der Waals surface area contributed by atoms with Crippen molar-refractivity contribution in [1.29, 1.82) is 0 Å². The molecule has 56 valence electrons. The molecule has 10 heavy (non-hydrogen) atoms. The molecule has 0 aromatic rings. The van der Waals surface area contributed by atoms with E-state index in [0.29, 0.717) is 11.9 Å². The van der Waals surface area contributed by atoms with Gasteiger partial charge in [-0.3, -0.25) is 0 Å². The molecule has 0 bridgehead atoms. The Balaban J connectivity index is 4.08. The quantitative estimate of drug-likeness (QED) is 0.331. The lowest BCUT2D eigenvalue weighted by Gasteiger charge is -1.97. The lowest BCUT2D eigenvalue weighted by Crippen LogP contribution is -2.04. The van der Waals surface area contributed by atoms with E-state index in [2.05, 4.69) is 4.74 Å². The van der Waals surface area contributed by atoms with E-state index in [4.69, 9.17) is 0 Å². The van der Waals surface area contributed by atoms with E-state index in [1.807, 2.05) is 0 Å². The average Bonchev–Trinajstić information content (AvgIpc) is 1.99. The van der Waals surface area contributed by atoms with Gasteiger partial charge in [-0.2, -0.15) is 0 Å². The van der Waals surface area contributed by atoms with Crippen molar-refractivity contribution >= 4 is 12.3 Å². The van der Waals surface area contributed by atoms with Crippen LogP contribution in [0.25, 0.3) is 0 Å². The first-order valence-electron chi connectivity index (χ1n) is 2.93. The zero-order valence-electron chi connectivity index (χ0n) is 6.09. The summed E-state index contributed by atoms with van der Waals surface area (Å²) in [6, 6.07) is 0. The van der Waals surface area contributed by atoms with E-state index >= 15 is 0 Å². The maximum absolute atomic E-state index is 10.7. The van der Waals surface area contributed by atoms with Gasteiger partial charge in [-0.1, -0.05) is 6.08 Å². The van der Waals surface area contributed by atoms with Crippen LogP contribution in [-0.2, 0) is 14.3 Å². The van der Waals surface area contributed by atoms with E-state index in [1.165, 1.54) is 7.11 Å². The summed E-state index contributed by atoms with van der Waals surface area (Å²) in [6.45, 7) is 1.69. The molecule has 0 aromatic carbocycles. The van der Waals surface area contributed by atoms with Crippen molar-refractivity contribution in [2.24, 2.45) is 0 Å². The van der Waals surface area contributed by atoms with Crippen LogP contribution in [0.2, 0.25) is 0 Å². The summed E-state index contributed by atoms with van der Waals surface area (Å²) in [5.74, 6) is -0.436. The first kappa shape index (κ1) is 8.88. The third-order valence-corrected chi connectivity index (χ3v) is 1.10. The van der Waals surface area contributed by atoms with Gasteiger partial charge in [0.1, 0.15) is 6.29 Å². The highest BCUT2D eigenvalue weighted by atomic mass is 16.5. The highest BCUT2D eigenvalue weighted by Gasteiger charge is 2.05. The first-order valence-corrected chi connectivity index (χ1v) is 2.93. The molecule has 0 saturated carbocycles. The number of methoxy groups -OCH3 is 1. The lowest BCUT2D eigenvalue weighted by molar-refractivity contribution is -0.136. The third kappa shape index (κ3) is 2.44. The van der Waals surface area contributed by atoms with E-state index in [9.17, 15) is 9.59 Å². The Hall–Kier alpha value is -1.12. The Morgan fingerprint density at radius 2 is 2.20 bits per heavy atom. The van der Waals surface area contributed by atoms with Crippen LogP contribution in [-0.4, -0.2) is 19.4 Å². The number of hydrogen-bond acceptors (Lipinski definition) is 3. The van der Waals surface area contributed by atoms with Gasteiger partial charge in [0.2, 0.25) is 0 Å². The Morgan fingerprint density at radius 3 is 2.50 bits per heavy atom. The Bertz CT molecular complexity index is 158. The van der Waals surface area contributed by atoms with Crippen LogP contribution in [0, 0.1) is 0 Å². The number of carbonyl (C=O) groups excluding carboxylic acids is 2. The molecule has 0 aliphatic rings. The molecule has 0 spiro atoms. The molecule has 3 nitrogen and oxygen atoms in total. The van der Waals surface area contributed by atoms with Gasteiger partial charge in [-0.05, 0) is 6.92 Å². The van der Waals surface area contributed by atoms with Crippen LogP contribution in [0.4, 0.5) is 0 Å². The third-order valence-electron chi connectivity index (χ3n) is 1.10. The van der Waals surface area contributed by atoms with Crippen LogP contribution in [0.15, 0.2) is 11.6 Å². The van der Waals surface area contributed by atoms with Crippen molar-refractivity contribution in [3.8, 4) is 0 Å². The summed E-state index contributed by atoms with van der Waals surface area (Å²) in [6.07, 6.45) is 2.37. The maximum atomic E-state index is 10.7. The normalized spacial score (nSPS) is 10.8. The Morgan fingerprint density at radius 1 is 1.60 bits per heavy atom. The lowest BCUT2D eigenvalue weighted by atomic mass is 10.2. The van der Waals surface area contributed by atoms with Crippen LogP contribution >= 0.6 is 0 Å². The maximum Gasteiger partial charge on any atom is 0.333 e. The second-order valence-electron chi connectivity index (χ2n) is 1.68. The number of ether oxygens (including phenoxy) is 1. The number of carbonyl (C=O) groups is 2.